The Morgan fingerprint density at radius 2 is 2.00 bits per heavy atom. The molecular weight excluding hydrogens is 388 g/mol. The highest BCUT2D eigenvalue weighted by Crippen LogP contribution is 2.26. The number of piperidine rings is 1. The molecule has 4 heteroatoms. The normalized spacial score (nSPS) is 17.7. The molecule has 1 aliphatic heterocycles. The van der Waals surface area contributed by atoms with E-state index in [2.05, 4.69) is 67.2 Å². The zero-order valence-corrected chi connectivity index (χ0v) is 20.9. The van der Waals surface area contributed by atoms with Gasteiger partial charge in [0.05, 0.1) is 12.9 Å². The van der Waals surface area contributed by atoms with E-state index < -0.39 is 0 Å². The predicted molar refractivity (Wildman–Crippen MR) is 136 cm³/mol. The topological polar surface area (TPSA) is 15.7 Å². The highest BCUT2D eigenvalue weighted by Gasteiger charge is 2.21. The number of allylic oxidation sites excluding steroid dienone is 5. The number of rotatable bonds is 17. The van der Waals surface area contributed by atoms with Crippen molar-refractivity contribution in [2.45, 2.75) is 65.2 Å². The third kappa shape index (κ3) is 12.2. The summed E-state index contributed by atoms with van der Waals surface area (Å²) in [6.07, 6.45) is 18.5. The van der Waals surface area contributed by atoms with Crippen molar-refractivity contribution in [1.82, 2.24) is 9.80 Å². The molecule has 1 unspecified atom stereocenters. The lowest BCUT2D eigenvalue weighted by molar-refractivity contribution is 0.161. The standard InChI is InChI=1S/C26H48N2OS/c1-5-8-12-24(6-2)23-25-15-20-28(21-16-25)19-11-18-27(7-3)17-9-13-26(29-4)14-10-22-30/h5-6,8,14,24-25,30H,2,7,9-13,15-23H2,1,3-4H3/b8-5-,26-14+. The number of hydrogen-bond acceptors (Lipinski definition) is 4. The molecule has 0 aromatic carbocycles. The number of likely N-dealkylation sites (tertiary alicyclic amines) is 1. The summed E-state index contributed by atoms with van der Waals surface area (Å²) < 4.78 is 5.48. The van der Waals surface area contributed by atoms with Gasteiger partial charge in [-0.25, -0.2) is 0 Å². The summed E-state index contributed by atoms with van der Waals surface area (Å²) in [6, 6.07) is 0. The lowest BCUT2D eigenvalue weighted by Gasteiger charge is -2.33. The second-order valence-corrected chi connectivity index (χ2v) is 9.05. The summed E-state index contributed by atoms with van der Waals surface area (Å²) in [4.78, 5) is 5.27. The second kappa shape index (κ2) is 17.9. The summed E-state index contributed by atoms with van der Waals surface area (Å²) in [7, 11) is 1.78. The number of thiol groups is 1. The molecule has 0 bridgehead atoms. The summed E-state index contributed by atoms with van der Waals surface area (Å²) in [5.74, 6) is 3.54. The molecule has 0 radical (unpaired) electrons. The Kier molecular flexibility index (Phi) is 16.3. The minimum absolute atomic E-state index is 0.655. The molecule has 0 spiro atoms. The van der Waals surface area contributed by atoms with Crippen LogP contribution in [0.3, 0.4) is 0 Å². The Labute approximate surface area is 193 Å². The van der Waals surface area contributed by atoms with Gasteiger partial charge in [-0.3, -0.25) is 0 Å². The highest BCUT2D eigenvalue weighted by molar-refractivity contribution is 7.80. The van der Waals surface area contributed by atoms with Gasteiger partial charge in [0.25, 0.3) is 0 Å². The van der Waals surface area contributed by atoms with Gasteiger partial charge in [-0.1, -0.05) is 25.2 Å². The highest BCUT2D eigenvalue weighted by atomic mass is 32.1. The minimum Gasteiger partial charge on any atom is -0.501 e. The van der Waals surface area contributed by atoms with Gasteiger partial charge in [0, 0.05) is 6.42 Å². The van der Waals surface area contributed by atoms with E-state index in [4.69, 9.17) is 4.74 Å². The first-order valence-electron chi connectivity index (χ1n) is 12.2. The van der Waals surface area contributed by atoms with E-state index in [1.165, 1.54) is 58.3 Å². The fraction of sp³-hybridized carbons (Fsp3) is 0.769. The molecule has 0 amide bonds. The Hall–Kier alpha value is -0.710. The molecule has 174 valence electrons. The van der Waals surface area contributed by atoms with Crippen LogP contribution in [-0.4, -0.2) is 61.9 Å². The lowest BCUT2D eigenvalue weighted by atomic mass is 9.85. The van der Waals surface area contributed by atoms with Crippen molar-refractivity contribution in [1.29, 1.82) is 0 Å². The first kappa shape index (κ1) is 27.3. The fourth-order valence-corrected chi connectivity index (χ4v) is 4.54. The average Bonchev–Trinajstić information content (AvgIpc) is 2.78. The molecule has 0 N–H and O–H groups in total. The second-order valence-electron chi connectivity index (χ2n) is 8.60. The molecule has 3 nitrogen and oxygen atoms in total. The van der Waals surface area contributed by atoms with Gasteiger partial charge in [0.1, 0.15) is 0 Å². The third-order valence-corrected chi connectivity index (χ3v) is 6.67. The summed E-state index contributed by atoms with van der Waals surface area (Å²) >= 11 is 4.27. The van der Waals surface area contributed by atoms with Gasteiger partial charge < -0.3 is 14.5 Å². The molecule has 0 aromatic heterocycles. The number of nitrogens with zero attached hydrogens (tertiary/aromatic N) is 2. The fourth-order valence-electron chi connectivity index (χ4n) is 4.41. The number of methoxy groups -OCH3 is 1. The van der Waals surface area contributed by atoms with E-state index >= 15 is 0 Å². The van der Waals surface area contributed by atoms with Crippen molar-refractivity contribution in [3.63, 3.8) is 0 Å². The molecule has 1 rings (SSSR count). The summed E-state index contributed by atoms with van der Waals surface area (Å²) in [6.45, 7) is 15.7. The Bertz CT molecular complexity index is 483. The quantitative estimate of drug-likeness (QED) is 0.166. The van der Waals surface area contributed by atoms with Crippen LogP contribution in [0.4, 0.5) is 0 Å². The van der Waals surface area contributed by atoms with Crippen LogP contribution in [0.25, 0.3) is 0 Å². The van der Waals surface area contributed by atoms with Gasteiger partial charge >= 0.3 is 0 Å². The molecule has 1 heterocycles. The molecule has 1 aliphatic rings. The molecule has 0 aromatic rings. The van der Waals surface area contributed by atoms with Crippen LogP contribution in [0.2, 0.25) is 0 Å². The van der Waals surface area contributed by atoms with Gasteiger partial charge in [0.15, 0.2) is 0 Å². The Morgan fingerprint density at radius 1 is 1.27 bits per heavy atom. The number of ether oxygens (including phenoxy) is 1. The van der Waals surface area contributed by atoms with Crippen molar-refractivity contribution in [2.24, 2.45) is 11.8 Å². The van der Waals surface area contributed by atoms with Crippen LogP contribution in [-0.2, 0) is 4.74 Å². The van der Waals surface area contributed by atoms with Crippen LogP contribution in [0.5, 0.6) is 0 Å². The average molecular weight is 437 g/mol. The summed E-state index contributed by atoms with van der Waals surface area (Å²) in [5.41, 5.74) is 0. The molecule has 0 saturated carbocycles. The van der Waals surface area contributed by atoms with Crippen molar-refractivity contribution in [3.05, 3.63) is 36.6 Å². The largest absolute Gasteiger partial charge is 0.501 e. The van der Waals surface area contributed by atoms with Gasteiger partial charge in [-0.2, -0.15) is 12.6 Å². The Balaban J connectivity index is 2.20. The third-order valence-electron chi connectivity index (χ3n) is 6.41. The van der Waals surface area contributed by atoms with Crippen molar-refractivity contribution in [2.75, 3.05) is 52.1 Å². The van der Waals surface area contributed by atoms with E-state index in [1.807, 2.05) is 0 Å². The van der Waals surface area contributed by atoms with E-state index in [0.29, 0.717) is 5.92 Å². The first-order chi connectivity index (χ1) is 14.7. The predicted octanol–water partition coefficient (Wildman–Crippen LogP) is 6.20. The SMILES string of the molecule is C=CC(C/C=C\C)CC1CCN(CCCN(CC)CCC/C(=C\CCS)OC)CC1. The van der Waals surface area contributed by atoms with Gasteiger partial charge in [0.2, 0.25) is 0 Å². The van der Waals surface area contributed by atoms with Crippen LogP contribution >= 0.6 is 12.6 Å². The van der Waals surface area contributed by atoms with Crippen LogP contribution in [0.1, 0.15) is 65.2 Å². The lowest BCUT2D eigenvalue weighted by Crippen LogP contribution is -2.36. The maximum Gasteiger partial charge on any atom is 0.0916 e. The zero-order chi connectivity index (χ0) is 22.0. The van der Waals surface area contributed by atoms with E-state index in [1.54, 1.807) is 7.11 Å². The minimum atomic E-state index is 0.655. The maximum atomic E-state index is 5.48. The monoisotopic (exact) mass is 436 g/mol. The smallest absolute Gasteiger partial charge is 0.0916 e. The van der Waals surface area contributed by atoms with Crippen molar-refractivity contribution >= 4 is 12.6 Å². The summed E-state index contributed by atoms with van der Waals surface area (Å²) in [5, 5.41) is 0. The molecule has 1 saturated heterocycles. The van der Waals surface area contributed by atoms with E-state index in [-0.39, 0.29) is 0 Å². The maximum absolute atomic E-state index is 5.48. The van der Waals surface area contributed by atoms with Crippen molar-refractivity contribution < 1.29 is 4.74 Å². The van der Waals surface area contributed by atoms with E-state index in [9.17, 15) is 0 Å². The van der Waals surface area contributed by atoms with E-state index in [0.717, 1.165) is 49.8 Å². The van der Waals surface area contributed by atoms with Gasteiger partial charge in [-0.05, 0) is 115 Å². The van der Waals surface area contributed by atoms with Gasteiger partial charge in [-0.15, -0.1) is 6.58 Å². The van der Waals surface area contributed by atoms with Crippen LogP contribution in [0, 0.1) is 11.8 Å². The molecule has 30 heavy (non-hydrogen) atoms. The molecule has 0 aliphatic carbocycles. The molecular formula is C26H48N2OS. The molecule has 1 fully saturated rings. The van der Waals surface area contributed by atoms with Crippen LogP contribution in [0.15, 0.2) is 36.6 Å². The van der Waals surface area contributed by atoms with Crippen molar-refractivity contribution in [3.8, 4) is 0 Å². The zero-order valence-electron chi connectivity index (χ0n) is 20.0. The molecule has 1 atom stereocenters. The van der Waals surface area contributed by atoms with Crippen LogP contribution < -0.4 is 0 Å². The Morgan fingerprint density at radius 3 is 2.60 bits per heavy atom. The first-order valence-corrected chi connectivity index (χ1v) is 12.8. The number of hydrogen-bond donors (Lipinski definition) is 1.